The molecule has 0 spiro atoms. The van der Waals surface area contributed by atoms with Crippen LogP contribution in [0.2, 0.25) is 0 Å². The Kier molecular flexibility index (Phi) is 6.44. The molecule has 8 heteroatoms. The summed E-state index contributed by atoms with van der Waals surface area (Å²) in [6, 6.07) is 10.1. The number of carbonyl (C=O) groups excluding carboxylic acids is 1. The Morgan fingerprint density at radius 1 is 1.28 bits per heavy atom. The molecule has 0 aliphatic rings. The summed E-state index contributed by atoms with van der Waals surface area (Å²) < 4.78 is 25.1. The van der Waals surface area contributed by atoms with E-state index in [1.807, 2.05) is 19.9 Å². The highest BCUT2D eigenvalue weighted by Gasteiger charge is 2.13. The maximum Gasteiger partial charge on any atom is 0.251 e. The number of benzene rings is 1. The van der Waals surface area contributed by atoms with Gasteiger partial charge in [-0.2, -0.15) is 0 Å². The first-order valence-corrected chi connectivity index (χ1v) is 10.6. The van der Waals surface area contributed by atoms with Gasteiger partial charge in [0, 0.05) is 17.4 Å². The summed E-state index contributed by atoms with van der Waals surface area (Å²) >= 11 is 1.57. The van der Waals surface area contributed by atoms with Gasteiger partial charge in [-0.05, 0) is 42.5 Å². The molecule has 2 rings (SSSR count). The predicted molar refractivity (Wildman–Crippen MR) is 101 cm³/mol. The minimum Gasteiger partial charge on any atom is -0.346 e. The summed E-state index contributed by atoms with van der Waals surface area (Å²) in [6.45, 7) is 3.87. The highest BCUT2D eigenvalue weighted by atomic mass is 32.2. The van der Waals surface area contributed by atoms with Gasteiger partial charge >= 0.3 is 0 Å². The molecule has 25 heavy (non-hydrogen) atoms. The Balaban J connectivity index is 2.11. The third kappa shape index (κ3) is 6.06. The molecule has 1 atom stereocenters. The summed E-state index contributed by atoms with van der Waals surface area (Å²) in [7, 11) is -3.34. The van der Waals surface area contributed by atoms with Gasteiger partial charge < -0.3 is 5.32 Å². The molecule has 1 aromatic heterocycles. The molecule has 0 fully saturated rings. The maximum atomic E-state index is 12.4. The van der Waals surface area contributed by atoms with E-state index < -0.39 is 10.0 Å². The SMILES string of the molecule is CCSc1cc(C(=O)N[C@H](C)c2cccc(NS(C)(=O)=O)c2)ccn1. The van der Waals surface area contributed by atoms with E-state index in [-0.39, 0.29) is 11.9 Å². The molecule has 1 heterocycles. The fraction of sp³-hybridized carbons (Fsp3) is 0.294. The normalized spacial score (nSPS) is 12.4. The number of nitrogens with zero attached hydrogens (tertiary/aromatic N) is 1. The second-order valence-corrected chi connectivity index (χ2v) is 8.54. The van der Waals surface area contributed by atoms with Crippen LogP contribution >= 0.6 is 11.8 Å². The van der Waals surface area contributed by atoms with Crippen molar-refractivity contribution in [3.05, 3.63) is 53.7 Å². The molecule has 0 radical (unpaired) electrons. The van der Waals surface area contributed by atoms with Crippen LogP contribution in [0.15, 0.2) is 47.6 Å². The number of rotatable bonds is 7. The minimum atomic E-state index is -3.34. The van der Waals surface area contributed by atoms with E-state index in [0.29, 0.717) is 11.3 Å². The highest BCUT2D eigenvalue weighted by molar-refractivity contribution is 7.99. The Morgan fingerprint density at radius 2 is 2.04 bits per heavy atom. The van der Waals surface area contributed by atoms with Gasteiger partial charge in [-0.15, -0.1) is 11.8 Å². The molecular formula is C17H21N3O3S2. The highest BCUT2D eigenvalue weighted by Crippen LogP contribution is 2.20. The fourth-order valence-electron chi connectivity index (χ4n) is 2.23. The van der Waals surface area contributed by atoms with Crippen LogP contribution < -0.4 is 10.0 Å². The van der Waals surface area contributed by atoms with Crippen molar-refractivity contribution in [1.29, 1.82) is 0 Å². The van der Waals surface area contributed by atoms with E-state index in [2.05, 4.69) is 15.0 Å². The number of amides is 1. The quantitative estimate of drug-likeness (QED) is 0.722. The number of carbonyl (C=O) groups is 1. The average molecular weight is 380 g/mol. The van der Waals surface area contributed by atoms with Gasteiger partial charge in [0.15, 0.2) is 0 Å². The number of thioether (sulfide) groups is 1. The number of aromatic nitrogens is 1. The lowest BCUT2D eigenvalue weighted by Gasteiger charge is -2.16. The topological polar surface area (TPSA) is 88.2 Å². The first-order valence-electron chi connectivity index (χ1n) is 7.76. The van der Waals surface area contributed by atoms with E-state index in [1.165, 1.54) is 0 Å². The summed E-state index contributed by atoms with van der Waals surface area (Å²) in [4.78, 5) is 16.7. The first-order chi connectivity index (χ1) is 11.8. The number of anilines is 1. The zero-order chi connectivity index (χ0) is 18.4. The van der Waals surface area contributed by atoms with Crippen molar-refractivity contribution >= 4 is 33.4 Å². The Hall–Kier alpha value is -2.06. The molecule has 0 saturated carbocycles. The number of hydrogen-bond acceptors (Lipinski definition) is 5. The summed E-state index contributed by atoms with van der Waals surface area (Å²) in [5.74, 6) is 0.684. The van der Waals surface area contributed by atoms with Crippen LogP contribution in [-0.4, -0.2) is 31.3 Å². The van der Waals surface area contributed by atoms with Gasteiger partial charge in [-0.1, -0.05) is 19.1 Å². The van der Waals surface area contributed by atoms with E-state index in [9.17, 15) is 13.2 Å². The van der Waals surface area contributed by atoms with Crippen LogP contribution in [-0.2, 0) is 10.0 Å². The third-order valence-electron chi connectivity index (χ3n) is 3.33. The lowest BCUT2D eigenvalue weighted by molar-refractivity contribution is 0.0939. The molecule has 0 aliphatic heterocycles. The monoisotopic (exact) mass is 379 g/mol. The van der Waals surface area contributed by atoms with Gasteiger partial charge in [-0.25, -0.2) is 13.4 Å². The van der Waals surface area contributed by atoms with Crippen molar-refractivity contribution in [3.63, 3.8) is 0 Å². The van der Waals surface area contributed by atoms with Gasteiger partial charge in [0.25, 0.3) is 5.91 Å². The zero-order valence-electron chi connectivity index (χ0n) is 14.3. The van der Waals surface area contributed by atoms with Crippen LogP contribution in [0.3, 0.4) is 0 Å². The second kappa shape index (κ2) is 8.35. The fourth-order valence-corrected chi connectivity index (χ4v) is 3.42. The molecular weight excluding hydrogens is 358 g/mol. The number of nitrogens with one attached hydrogen (secondary N) is 2. The van der Waals surface area contributed by atoms with Crippen LogP contribution in [0, 0.1) is 0 Å². The molecule has 6 nitrogen and oxygen atoms in total. The Morgan fingerprint density at radius 3 is 2.72 bits per heavy atom. The molecule has 2 aromatic rings. The van der Waals surface area contributed by atoms with Crippen LogP contribution in [0.5, 0.6) is 0 Å². The van der Waals surface area contributed by atoms with Gasteiger partial charge in [0.2, 0.25) is 10.0 Å². The molecule has 0 aliphatic carbocycles. The zero-order valence-corrected chi connectivity index (χ0v) is 15.9. The Labute approximate surface area is 152 Å². The number of hydrogen-bond donors (Lipinski definition) is 2. The maximum absolute atomic E-state index is 12.4. The van der Waals surface area contributed by atoms with Crippen molar-refractivity contribution in [2.45, 2.75) is 24.9 Å². The standard InChI is InChI=1S/C17H21N3O3S2/c1-4-24-16-11-14(8-9-18-16)17(21)19-12(2)13-6-5-7-15(10-13)20-25(3,22)23/h5-12,20H,4H2,1-3H3,(H,19,21)/t12-/m1/s1. The third-order valence-corrected chi connectivity index (χ3v) is 4.74. The molecule has 0 saturated heterocycles. The molecule has 0 bridgehead atoms. The molecule has 1 amide bonds. The molecule has 0 unspecified atom stereocenters. The van der Waals surface area contributed by atoms with Gasteiger partial charge in [0.1, 0.15) is 0 Å². The summed E-state index contributed by atoms with van der Waals surface area (Å²) in [5, 5.41) is 3.73. The van der Waals surface area contributed by atoms with Crippen LogP contribution in [0.1, 0.15) is 35.8 Å². The van der Waals surface area contributed by atoms with E-state index in [0.717, 1.165) is 22.6 Å². The van der Waals surface area contributed by atoms with E-state index in [4.69, 9.17) is 0 Å². The van der Waals surface area contributed by atoms with E-state index in [1.54, 1.807) is 48.3 Å². The van der Waals surface area contributed by atoms with Crippen molar-refractivity contribution in [3.8, 4) is 0 Å². The lowest BCUT2D eigenvalue weighted by Crippen LogP contribution is -2.26. The van der Waals surface area contributed by atoms with Crippen LogP contribution in [0.4, 0.5) is 5.69 Å². The molecule has 134 valence electrons. The lowest BCUT2D eigenvalue weighted by atomic mass is 10.1. The van der Waals surface area contributed by atoms with Crippen LogP contribution in [0.25, 0.3) is 0 Å². The number of pyridine rings is 1. The molecule has 2 N–H and O–H groups in total. The smallest absolute Gasteiger partial charge is 0.251 e. The van der Waals surface area contributed by atoms with Crippen molar-refractivity contribution < 1.29 is 13.2 Å². The van der Waals surface area contributed by atoms with Crippen molar-refractivity contribution in [2.24, 2.45) is 0 Å². The minimum absolute atomic E-state index is 0.200. The largest absolute Gasteiger partial charge is 0.346 e. The number of sulfonamides is 1. The molecule has 1 aromatic carbocycles. The second-order valence-electron chi connectivity index (χ2n) is 5.51. The van der Waals surface area contributed by atoms with Crippen molar-refractivity contribution in [1.82, 2.24) is 10.3 Å². The summed E-state index contributed by atoms with van der Waals surface area (Å²) in [5.41, 5.74) is 1.81. The summed E-state index contributed by atoms with van der Waals surface area (Å²) in [6.07, 6.45) is 2.72. The average Bonchev–Trinajstić information content (AvgIpc) is 2.54. The predicted octanol–water partition coefficient (Wildman–Crippen LogP) is 3.06. The Bertz CT molecular complexity index is 854. The van der Waals surface area contributed by atoms with Crippen molar-refractivity contribution in [2.75, 3.05) is 16.7 Å². The first kappa shape index (κ1) is 19.3. The van der Waals surface area contributed by atoms with Gasteiger partial charge in [-0.3, -0.25) is 9.52 Å². The van der Waals surface area contributed by atoms with E-state index >= 15 is 0 Å². The van der Waals surface area contributed by atoms with Gasteiger partial charge in [0.05, 0.1) is 17.3 Å².